The minimum Gasteiger partial charge on any atom is -0.393 e. The summed E-state index contributed by atoms with van der Waals surface area (Å²) in [6.45, 7) is 7.49. The lowest BCUT2D eigenvalue weighted by molar-refractivity contribution is 0.00926. The van der Waals surface area contributed by atoms with Crippen molar-refractivity contribution in [1.29, 1.82) is 5.26 Å². The van der Waals surface area contributed by atoms with Gasteiger partial charge in [0, 0.05) is 24.5 Å². The zero-order valence-corrected chi connectivity index (χ0v) is 16.1. The number of aliphatic hydroxyl groups excluding tert-OH is 1. The maximum Gasteiger partial charge on any atom is 0.224 e. The Balaban J connectivity index is 1.65. The summed E-state index contributed by atoms with van der Waals surface area (Å²) in [7, 11) is 0. The van der Waals surface area contributed by atoms with Gasteiger partial charge in [-0.05, 0) is 37.7 Å². The number of aryl methyl sites for hydroxylation is 1. The third-order valence-electron chi connectivity index (χ3n) is 5.25. The molecule has 2 heterocycles. The molecule has 0 aromatic carbocycles. The fourth-order valence-electron chi connectivity index (χ4n) is 3.50. The average Bonchev–Trinajstić information content (AvgIpc) is 3.03. The molecule has 1 aliphatic rings. The Morgan fingerprint density at radius 1 is 1.41 bits per heavy atom. The van der Waals surface area contributed by atoms with Gasteiger partial charge in [-0.25, -0.2) is 4.98 Å². The van der Waals surface area contributed by atoms with Crippen molar-refractivity contribution in [2.45, 2.75) is 58.7 Å². The van der Waals surface area contributed by atoms with Crippen LogP contribution >= 0.6 is 0 Å². The van der Waals surface area contributed by atoms with E-state index in [4.69, 9.17) is 0 Å². The largest absolute Gasteiger partial charge is 0.393 e. The van der Waals surface area contributed by atoms with Crippen LogP contribution < -0.4 is 10.6 Å². The Kier molecular flexibility index (Phi) is 5.61. The number of hydrogen-bond donors (Lipinski definition) is 3. The van der Waals surface area contributed by atoms with Gasteiger partial charge in [0.2, 0.25) is 5.95 Å². The number of nitriles is 1. The molecular formula is C19H27N7O. The molecule has 8 nitrogen and oxygen atoms in total. The molecule has 1 fully saturated rings. The summed E-state index contributed by atoms with van der Waals surface area (Å²) in [6.07, 6.45) is 5.44. The normalized spacial score (nSPS) is 21.4. The summed E-state index contributed by atoms with van der Waals surface area (Å²) < 4.78 is 1.91. The Bertz CT molecular complexity index is 824. The van der Waals surface area contributed by atoms with E-state index in [-0.39, 0.29) is 17.6 Å². The Morgan fingerprint density at radius 2 is 2.22 bits per heavy atom. The molecule has 0 unspecified atom stereocenters. The van der Waals surface area contributed by atoms with Crippen LogP contribution in [0.25, 0.3) is 0 Å². The number of hydrogen-bond acceptors (Lipinski definition) is 7. The summed E-state index contributed by atoms with van der Waals surface area (Å²) >= 11 is 0. The molecule has 3 rings (SSSR count). The number of aromatic nitrogens is 4. The molecule has 0 bridgehead atoms. The molecule has 0 radical (unpaired) electrons. The lowest BCUT2D eigenvalue weighted by atomic mass is 9.73. The molecule has 2 atom stereocenters. The van der Waals surface area contributed by atoms with Crippen LogP contribution in [0.2, 0.25) is 0 Å². The smallest absolute Gasteiger partial charge is 0.224 e. The van der Waals surface area contributed by atoms with Crippen molar-refractivity contribution in [3.8, 4) is 6.07 Å². The Morgan fingerprint density at radius 3 is 2.89 bits per heavy atom. The second-order valence-corrected chi connectivity index (χ2v) is 7.82. The van der Waals surface area contributed by atoms with Gasteiger partial charge >= 0.3 is 0 Å². The second-order valence-electron chi connectivity index (χ2n) is 7.82. The van der Waals surface area contributed by atoms with Crippen LogP contribution in [0.3, 0.4) is 0 Å². The van der Waals surface area contributed by atoms with Gasteiger partial charge in [0.15, 0.2) is 0 Å². The van der Waals surface area contributed by atoms with Crippen LogP contribution in [-0.4, -0.2) is 43.5 Å². The summed E-state index contributed by atoms with van der Waals surface area (Å²) in [5, 5.41) is 30.3. The van der Waals surface area contributed by atoms with Gasteiger partial charge in [0.1, 0.15) is 17.5 Å². The summed E-state index contributed by atoms with van der Waals surface area (Å²) in [4.78, 5) is 8.73. The van der Waals surface area contributed by atoms with Crippen molar-refractivity contribution < 1.29 is 5.11 Å². The highest BCUT2D eigenvalue weighted by atomic mass is 16.3. The Labute approximate surface area is 159 Å². The maximum atomic E-state index is 10.1. The topological polar surface area (TPSA) is 112 Å². The monoisotopic (exact) mass is 369 g/mol. The fraction of sp³-hybridized carbons (Fsp3) is 0.579. The first kappa shape index (κ1) is 19.1. The first-order chi connectivity index (χ1) is 12.9. The molecule has 2 aromatic rings. The van der Waals surface area contributed by atoms with Crippen LogP contribution in [0.15, 0.2) is 18.5 Å². The lowest BCUT2D eigenvalue weighted by Gasteiger charge is -2.40. The van der Waals surface area contributed by atoms with Crippen molar-refractivity contribution in [3.63, 3.8) is 0 Å². The van der Waals surface area contributed by atoms with E-state index in [2.05, 4.69) is 45.6 Å². The molecule has 1 saturated carbocycles. The van der Waals surface area contributed by atoms with Crippen LogP contribution in [0.1, 0.15) is 44.4 Å². The number of nitrogens with one attached hydrogen (secondary N) is 2. The highest BCUT2D eigenvalue weighted by Crippen LogP contribution is 2.36. The van der Waals surface area contributed by atoms with E-state index in [1.54, 1.807) is 12.4 Å². The van der Waals surface area contributed by atoms with Gasteiger partial charge in [-0.3, -0.25) is 4.68 Å². The number of rotatable bonds is 6. The van der Waals surface area contributed by atoms with E-state index in [0.29, 0.717) is 30.4 Å². The van der Waals surface area contributed by atoms with Gasteiger partial charge in [-0.15, -0.1) is 0 Å². The van der Waals surface area contributed by atoms with Gasteiger partial charge < -0.3 is 15.7 Å². The van der Waals surface area contributed by atoms with Gasteiger partial charge in [-0.2, -0.15) is 15.3 Å². The molecule has 0 aliphatic heterocycles. The summed E-state index contributed by atoms with van der Waals surface area (Å²) in [5.41, 5.74) is 1.37. The molecule has 144 valence electrons. The Hall–Kier alpha value is -2.66. The molecule has 27 heavy (non-hydrogen) atoms. The first-order valence-electron chi connectivity index (χ1n) is 9.33. The van der Waals surface area contributed by atoms with Crippen molar-refractivity contribution in [2.24, 2.45) is 5.41 Å². The molecule has 0 spiro atoms. The lowest BCUT2D eigenvalue weighted by Crippen LogP contribution is -2.41. The van der Waals surface area contributed by atoms with E-state index >= 15 is 0 Å². The quantitative estimate of drug-likeness (QED) is 0.716. The highest BCUT2D eigenvalue weighted by molar-refractivity contribution is 5.54. The van der Waals surface area contributed by atoms with Crippen LogP contribution in [-0.2, 0) is 6.54 Å². The van der Waals surface area contributed by atoms with E-state index in [1.807, 2.05) is 17.7 Å². The van der Waals surface area contributed by atoms with Gasteiger partial charge in [0.25, 0.3) is 0 Å². The van der Waals surface area contributed by atoms with Crippen molar-refractivity contribution in [3.05, 3.63) is 29.7 Å². The number of nitrogens with zero attached hydrogens (tertiary/aromatic N) is 5. The SMILES string of the molecule is Cc1ccnn1CCNc1ncc(C#N)c(N[C@@H]2CC[C@H](O)C(C)(C)C2)n1. The molecule has 8 heteroatoms. The first-order valence-corrected chi connectivity index (χ1v) is 9.33. The number of aliphatic hydroxyl groups is 1. The molecule has 0 amide bonds. The van der Waals surface area contributed by atoms with Crippen molar-refractivity contribution >= 4 is 11.8 Å². The predicted octanol–water partition coefficient (Wildman–Crippen LogP) is 2.32. The average molecular weight is 369 g/mol. The summed E-state index contributed by atoms with van der Waals surface area (Å²) in [6, 6.07) is 4.28. The minimum atomic E-state index is -0.292. The van der Waals surface area contributed by atoms with E-state index in [1.165, 1.54) is 0 Å². The van der Waals surface area contributed by atoms with Crippen molar-refractivity contribution in [1.82, 2.24) is 19.7 Å². The van der Waals surface area contributed by atoms with E-state index < -0.39 is 0 Å². The second kappa shape index (κ2) is 7.92. The molecule has 2 aromatic heterocycles. The van der Waals surface area contributed by atoms with Crippen molar-refractivity contribution in [2.75, 3.05) is 17.2 Å². The number of anilines is 2. The maximum absolute atomic E-state index is 10.1. The zero-order valence-electron chi connectivity index (χ0n) is 16.1. The molecule has 0 saturated heterocycles. The van der Waals surface area contributed by atoms with Gasteiger partial charge in [-0.1, -0.05) is 13.8 Å². The summed E-state index contributed by atoms with van der Waals surface area (Å²) in [5.74, 6) is 1.03. The standard InChI is InChI=1S/C19H27N7O/c1-13-6-7-23-26(13)9-8-21-18-22-12-14(11-20)17(25-18)24-15-4-5-16(27)19(2,3)10-15/h6-7,12,15-16,27H,4-5,8-10H2,1-3H3,(H2,21,22,24,25)/t15-,16+/m1/s1. The molecule has 3 N–H and O–H groups in total. The van der Waals surface area contributed by atoms with Crippen LogP contribution in [0, 0.1) is 23.7 Å². The van der Waals surface area contributed by atoms with Crippen LogP contribution in [0.4, 0.5) is 11.8 Å². The van der Waals surface area contributed by atoms with E-state index in [9.17, 15) is 10.4 Å². The van der Waals surface area contributed by atoms with Gasteiger partial charge in [0.05, 0.1) is 18.8 Å². The highest BCUT2D eigenvalue weighted by Gasteiger charge is 2.35. The third-order valence-corrected chi connectivity index (χ3v) is 5.25. The van der Waals surface area contributed by atoms with Crippen LogP contribution in [0.5, 0.6) is 0 Å². The fourth-order valence-corrected chi connectivity index (χ4v) is 3.50. The predicted molar refractivity (Wildman–Crippen MR) is 103 cm³/mol. The molecular weight excluding hydrogens is 342 g/mol. The molecule has 1 aliphatic carbocycles. The third kappa shape index (κ3) is 4.55. The minimum absolute atomic E-state index is 0.154. The zero-order chi connectivity index (χ0) is 19.4. The van der Waals surface area contributed by atoms with E-state index in [0.717, 1.165) is 25.0 Å².